The van der Waals surface area contributed by atoms with Crippen molar-refractivity contribution >= 4 is 0 Å². The van der Waals surface area contributed by atoms with E-state index < -0.39 is 0 Å². The van der Waals surface area contributed by atoms with Crippen molar-refractivity contribution in [2.75, 3.05) is 13.1 Å². The van der Waals surface area contributed by atoms with E-state index in [1.807, 2.05) is 0 Å². The quantitative estimate of drug-likeness (QED) is 0.743. The Morgan fingerprint density at radius 3 is 2.48 bits per heavy atom. The molecule has 0 spiro atoms. The van der Waals surface area contributed by atoms with Gasteiger partial charge in [-0.2, -0.15) is 5.26 Å². The Hall–Kier alpha value is -0.590. The van der Waals surface area contributed by atoms with Gasteiger partial charge in [0.05, 0.1) is 6.07 Å². The fourth-order valence-corrected chi connectivity index (χ4v) is 3.87. The van der Waals surface area contributed by atoms with Gasteiger partial charge in [-0.1, -0.05) is 6.42 Å². The second-order valence-corrected chi connectivity index (χ2v) is 7.79. The second-order valence-electron chi connectivity index (χ2n) is 7.79. The lowest BCUT2D eigenvalue weighted by Gasteiger charge is -2.34. The zero-order chi connectivity index (χ0) is 15.5. The summed E-state index contributed by atoms with van der Waals surface area (Å²) in [7, 11) is 0. The van der Waals surface area contributed by atoms with Crippen molar-refractivity contribution in [1.82, 2.24) is 10.2 Å². The van der Waals surface area contributed by atoms with E-state index in [0.717, 1.165) is 25.3 Å². The summed E-state index contributed by atoms with van der Waals surface area (Å²) in [5.41, 5.74) is -0.267. The molecule has 0 amide bonds. The highest BCUT2D eigenvalue weighted by Crippen LogP contribution is 2.38. The maximum absolute atomic E-state index is 9.74. The molecule has 1 N–H and O–H groups in total. The molecule has 120 valence electrons. The highest BCUT2D eigenvalue weighted by Gasteiger charge is 2.43. The lowest BCUT2D eigenvalue weighted by atomic mass is 9.85. The Morgan fingerprint density at radius 2 is 1.95 bits per heavy atom. The van der Waals surface area contributed by atoms with Crippen LogP contribution in [-0.2, 0) is 0 Å². The molecule has 0 aromatic heterocycles. The van der Waals surface area contributed by atoms with E-state index in [1.54, 1.807) is 0 Å². The number of nitrogens with one attached hydrogen (secondary N) is 1. The fourth-order valence-electron chi connectivity index (χ4n) is 3.87. The molecule has 21 heavy (non-hydrogen) atoms. The highest BCUT2D eigenvalue weighted by atomic mass is 15.1. The molecular formula is C18H33N3. The van der Waals surface area contributed by atoms with Crippen LogP contribution in [0, 0.1) is 23.2 Å². The molecule has 2 unspecified atom stereocenters. The summed E-state index contributed by atoms with van der Waals surface area (Å²) in [4.78, 5) is 2.63. The molecule has 2 saturated carbocycles. The van der Waals surface area contributed by atoms with Crippen molar-refractivity contribution in [2.45, 2.75) is 83.8 Å². The molecule has 0 aromatic carbocycles. The van der Waals surface area contributed by atoms with Gasteiger partial charge in [0.25, 0.3) is 0 Å². The number of hydrogen-bond acceptors (Lipinski definition) is 3. The third kappa shape index (κ3) is 4.44. The van der Waals surface area contributed by atoms with Crippen LogP contribution in [0.15, 0.2) is 0 Å². The molecule has 2 rings (SSSR count). The van der Waals surface area contributed by atoms with Gasteiger partial charge in [-0.25, -0.2) is 0 Å². The van der Waals surface area contributed by atoms with E-state index in [4.69, 9.17) is 0 Å². The van der Waals surface area contributed by atoms with Crippen molar-refractivity contribution in [2.24, 2.45) is 11.8 Å². The van der Waals surface area contributed by atoms with E-state index in [2.05, 4.69) is 44.0 Å². The third-order valence-corrected chi connectivity index (χ3v) is 5.25. The van der Waals surface area contributed by atoms with Crippen LogP contribution in [0.3, 0.4) is 0 Å². The largest absolute Gasteiger partial charge is 0.301 e. The fraction of sp³-hybridized carbons (Fsp3) is 0.944. The number of nitrogens with zero attached hydrogens (tertiary/aromatic N) is 2. The summed E-state index contributed by atoms with van der Waals surface area (Å²) >= 11 is 0. The third-order valence-electron chi connectivity index (χ3n) is 5.25. The van der Waals surface area contributed by atoms with Crippen molar-refractivity contribution in [3.8, 4) is 6.07 Å². The molecule has 0 aliphatic heterocycles. The molecule has 0 radical (unpaired) electrons. The molecule has 2 aliphatic carbocycles. The van der Waals surface area contributed by atoms with Gasteiger partial charge in [-0.3, -0.25) is 5.32 Å². The molecule has 2 atom stereocenters. The van der Waals surface area contributed by atoms with Gasteiger partial charge in [-0.05, 0) is 78.2 Å². The monoisotopic (exact) mass is 291 g/mol. The van der Waals surface area contributed by atoms with Crippen LogP contribution in [0.4, 0.5) is 0 Å². The predicted molar refractivity (Wildman–Crippen MR) is 88.0 cm³/mol. The van der Waals surface area contributed by atoms with Crippen molar-refractivity contribution in [3.63, 3.8) is 0 Å². The normalized spacial score (nSPS) is 29.5. The summed E-state index contributed by atoms with van der Waals surface area (Å²) < 4.78 is 0. The summed E-state index contributed by atoms with van der Waals surface area (Å²) in [6.07, 6.45) is 7.44. The van der Waals surface area contributed by atoms with Crippen LogP contribution in [0.25, 0.3) is 0 Å². The molecule has 0 bridgehead atoms. The molecule has 3 nitrogen and oxygen atoms in total. The van der Waals surface area contributed by atoms with Gasteiger partial charge >= 0.3 is 0 Å². The zero-order valence-corrected chi connectivity index (χ0v) is 14.4. The van der Waals surface area contributed by atoms with E-state index in [0.29, 0.717) is 18.0 Å². The Labute approximate surface area is 131 Å². The van der Waals surface area contributed by atoms with Crippen LogP contribution in [0.2, 0.25) is 0 Å². The Morgan fingerprint density at radius 1 is 1.24 bits per heavy atom. The van der Waals surface area contributed by atoms with Gasteiger partial charge in [-0.15, -0.1) is 0 Å². The molecule has 0 heterocycles. The molecular weight excluding hydrogens is 258 g/mol. The van der Waals surface area contributed by atoms with Gasteiger partial charge < -0.3 is 4.90 Å². The number of rotatable bonds is 8. The van der Waals surface area contributed by atoms with Crippen LogP contribution >= 0.6 is 0 Å². The molecule has 3 heteroatoms. The zero-order valence-electron chi connectivity index (χ0n) is 14.4. The van der Waals surface area contributed by atoms with Crippen LogP contribution < -0.4 is 5.32 Å². The summed E-state index contributed by atoms with van der Waals surface area (Å²) in [6, 6.07) is 3.65. The van der Waals surface area contributed by atoms with E-state index >= 15 is 0 Å². The Kier molecular flexibility index (Phi) is 5.68. The van der Waals surface area contributed by atoms with Crippen LogP contribution in [0.5, 0.6) is 0 Å². The summed E-state index contributed by atoms with van der Waals surface area (Å²) in [5.74, 6) is 1.47. The van der Waals surface area contributed by atoms with Crippen LogP contribution in [0.1, 0.15) is 66.2 Å². The van der Waals surface area contributed by atoms with Gasteiger partial charge in [0.2, 0.25) is 0 Å². The average Bonchev–Trinajstić information content (AvgIpc) is 3.15. The SMILES string of the molecule is CC(C)NC1(C#N)CCCC1CCN(CC1CC1)C(C)C. The van der Waals surface area contributed by atoms with Gasteiger partial charge in [0, 0.05) is 18.6 Å². The van der Waals surface area contributed by atoms with E-state index in [-0.39, 0.29) is 5.54 Å². The summed E-state index contributed by atoms with van der Waals surface area (Å²) in [6.45, 7) is 11.3. The minimum absolute atomic E-state index is 0.267. The molecule has 0 saturated heterocycles. The maximum atomic E-state index is 9.74. The minimum atomic E-state index is -0.267. The first kappa shape index (κ1) is 16.8. The minimum Gasteiger partial charge on any atom is -0.301 e. The first-order chi connectivity index (χ1) is 9.97. The lowest BCUT2D eigenvalue weighted by Crippen LogP contribution is -2.51. The smallest absolute Gasteiger partial charge is 0.109 e. The second kappa shape index (κ2) is 7.11. The van der Waals surface area contributed by atoms with Crippen molar-refractivity contribution in [1.29, 1.82) is 5.26 Å². The van der Waals surface area contributed by atoms with E-state index in [1.165, 1.54) is 32.2 Å². The predicted octanol–water partition coefficient (Wildman–Crippen LogP) is 3.56. The first-order valence-electron chi connectivity index (χ1n) is 8.90. The maximum Gasteiger partial charge on any atom is 0.109 e. The molecule has 2 aliphatic rings. The average molecular weight is 291 g/mol. The highest BCUT2D eigenvalue weighted by molar-refractivity contribution is 5.14. The van der Waals surface area contributed by atoms with Crippen molar-refractivity contribution in [3.05, 3.63) is 0 Å². The molecule has 2 fully saturated rings. The standard InChI is InChI=1S/C18H33N3/c1-14(2)20-18(13-19)10-5-6-17(18)9-11-21(15(3)4)12-16-7-8-16/h14-17,20H,5-12H2,1-4H3. The topological polar surface area (TPSA) is 39.1 Å². The lowest BCUT2D eigenvalue weighted by molar-refractivity contribution is 0.179. The van der Waals surface area contributed by atoms with Gasteiger partial charge in [0.15, 0.2) is 0 Å². The van der Waals surface area contributed by atoms with E-state index in [9.17, 15) is 5.26 Å². The number of hydrogen-bond donors (Lipinski definition) is 1. The molecule has 0 aromatic rings. The Bertz CT molecular complexity index is 367. The van der Waals surface area contributed by atoms with Crippen molar-refractivity contribution < 1.29 is 0 Å². The number of nitriles is 1. The summed E-state index contributed by atoms with van der Waals surface area (Å²) in [5, 5.41) is 13.3. The van der Waals surface area contributed by atoms with Crippen LogP contribution in [-0.4, -0.2) is 35.6 Å². The van der Waals surface area contributed by atoms with Gasteiger partial charge in [0.1, 0.15) is 5.54 Å². The first-order valence-corrected chi connectivity index (χ1v) is 8.90. The Balaban J connectivity index is 1.91.